The molecular weight excluding hydrogens is 300 g/mol. The van der Waals surface area contributed by atoms with E-state index in [2.05, 4.69) is 9.97 Å². The highest BCUT2D eigenvalue weighted by molar-refractivity contribution is 7.20. The van der Waals surface area contributed by atoms with E-state index in [1.807, 2.05) is 48.5 Å². The molecular formula is C16H12N2OS2. The van der Waals surface area contributed by atoms with Crippen LogP contribution in [0.3, 0.4) is 0 Å². The van der Waals surface area contributed by atoms with Gasteiger partial charge in [0, 0.05) is 0 Å². The van der Waals surface area contributed by atoms with Gasteiger partial charge in [-0.25, -0.2) is 9.97 Å². The Labute approximate surface area is 129 Å². The van der Waals surface area contributed by atoms with Gasteiger partial charge < -0.3 is 5.11 Å². The summed E-state index contributed by atoms with van der Waals surface area (Å²) in [5.41, 5.74) is 0.672. The predicted octanol–water partition coefficient (Wildman–Crippen LogP) is 4.16. The van der Waals surface area contributed by atoms with E-state index in [0.29, 0.717) is 10.0 Å². The first-order chi connectivity index (χ1) is 10.1. The van der Waals surface area contributed by atoms with Crippen molar-refractivity contribution in [3.05, 3.63) is 58.5 Å². The van der Waals surface area contributed by atoms with Gasteiger partial charge in [0.25, 0.3) is 0 Å². The Morgan fingerprint density at radius 1 is 0.810 bits per heavy atom. The van der Waals surface area contributed by atoms with Crippen molar-refractivity contribution < 1.29 is 5.11 Å². The molecule has 0 spiro atoms. The van der Waals surface area contributed by atoms with Crippen molar-refractivity contribution in [2.24, 2.45) is 0 Å². The molecule has 104 valence electrons. The first kappa shape index (κ1) is 12.9. The van der Waals surface area contributed by atoms with Crippen LogP contribution >= 0.6 is 22.7 Å². The number of para-hydroxylation sites is 2. The first-order valence-electron chi connectivity index (χ1n) is 6.59. The van der Waals surface area contributed by atoms with Gasteiger partial charge in [-0.1, -0.05) is 24.3 Å². The summed E-state index contributed by atoms with van der Waals surface area (Å²) in [6, 6.07) is 15.8. The Morgan fingerprint density at radius 2 is 1.24 bits per heavy atom. The summed E-state index contributed by atoms with van der Waals surface area (Å²) < 4.78 is 2.16. The summed E-state index contributed by atoms with van der Waals surface area (Å²) in [4.78, 5) is 9.13. The van der Waals surface area contributed by atoms with Crippen LogP contribution in [0.15, 0.2) is 48.5 Å². The maximum Gasteiger partial charge on any atom is 0.164 e. The van der Waals surface area contributed by atoms with Gasteiger partial charge in [-0.05, 0) is 31.2 Å². The standard InChI is InChI=1S/C16H12N2OS2/c1-16(19,14-17-10-6-2-4-8-12(10)20-14)15-18-11-7-3-5-9-13(11)21-15/h2-9,19H,1H3. The van der Waals surface area contributed by atoms with Crippen LogP contribution in [0, 0.1) is 0 Å². The molecule has 21 heavy (non-hydrogen) atoms. The number of nitrogens with zero attached hydrogens (tertiary/aromatic N) is 2. The Hall–Kier alpha value is -1.82. The van der Waals surface area contributed by atoms with Crippen molar-refractivity contribution in [3.63, 3.8) is 0 Å². The fourth-order valence-electron chi connectivity index (χ4n) is 2.25. The maximum atomic E-state index is 11.0. The minimum Gasteiger partial charge on any atom is -0.376 e. The topological polar surface area (TPSA) is 46.0 Å². The van der Waals surface area contributed by atoms with E-state index in [1.54, 1.807) is 6.92 Å². The van der Waals surface area contributed by atoms with E-state index in [1.165, 1.54) is 22.7 Å². The highest BCUT2D eigenvalue weighted by Gasteiger charge is 2.33. The van der Waals surface area contributed by atoms with E-state index in [-0.39, 0.29) is 0 Å². The van der Waals surface area contributed by atoms with Gasteiger partial charge in [0.05, 0.1) is 20.4 Å². The molecule has 0 bridgehead atoms. The molecule has 0 saturated heterocycles. The number of thiazole rings is 2. The molecule has 2 aromatic heterocycles. The molecule has 0 amide bonds. The zero-order chi connectivity index (χ0) is 14.4. The van der Waals surface area contributed by atoms with Crippen LogP contribution in [-0.4, -0.2) is 15.1 Å². The monoisotopic (exact) mass is 312 g/mol. The fourth-order valence-corrected chi connectivity index (χ4v) is 4.34. The number of hydrogen-bond acceptors (Lipinski definition) is 5. The van der Waals surface area contributed by atoms with Gasteiger partial charge in [-0.3, -0.25) is 0 Å². The number of fused-ring (bicyclic) bond motifs is 2. The normalized spacial score (nSPS) is 12.3. The van der Waals surface area contributed by atoms with Gasteiger partial charge in [-0.15, -0.1) is 22.7 Å². The van der Waals surface area contributed by atoms with E-state index in [9.17, 15) is 5.11 Å². The van der Waals surface area contributed by atoms with Crippen LogP contribution in [-0.2, 0) is 5.60 Å². The SMILES string of the molecule is CC(O)(c1nc2ccccc2s1)c1nc2ccccc2s1. The van der Waals surface area contributed by atoms with Crippen molar-refractivity contribution in [1.29, 1.82) is 0 Å². The fraction of sp³-hybridized carbons (Fsp3) is 0.125. The molecule has 0 radical (unpaired) electrons. The van der Waals surface area contributed by atoms with Crippen LogP contribution < -0.4 is 0 Å². The summed E-state index contributed by atoms with van der Waals surface area (Å²) in [6.45, 7) is 1.77. The van der Waals surface area contributed by atoms with Crippen LogP contribution in [0.5, 0.6) is 0 Å². The van der Waals surface area contributed by atoms with Gasteiger partial charge in [0.2, 0.25) is 0 Å². The Balaban J connectivity index is 1.87. The Kier molecular flexibility index (Phi) is 2.82. The third kappa shape index (κ3) is 2.05. The maximum absolute atomic E-state index is 11.0. The van der Waals surface area contributed by atoms with E-state index in [4.69, 9.17) is 0 Å². The Bertz CT molecular complexity index is 797. The summed E-state index contributed by atoms with van der Waals surface area (Å²) in [5.74, 6) is 0. The van der Waals surface area contributed by atoms with Gasteiger partial charge in [0.1, 0.15) is 10.0 Å². The van der Waals surface area contributed by atoms with Gasteiger partial charge >= 0.3 is 0 Å². The molecule has 0 aliphatic carbocycles. The van der Waals surface area contributed by atoms with E-state index in [0.717, 1.165) is 20.4 Å². The summed E-state index contributed by atoms with van der Waals surface area (Å²) >= 11 is 3.03. The molecule has 4 aromatic rings. The molecule has 0 atom stereocenters. The second-order valence-electron chi connectivity index (χ2n) is 5.05. The quantitative estimate of drug-likeness (QED) is 0.604. The lowest BCUT2D eigenvalue weighted by Crippen LogP contribution is -2.22. The largest absolute Gasteiger partial charge is 0.376 e. The zero-order valence-electron chi connectivity index (χ0n) is 11.3. The van der Waals surface area contributed by atoms with Crippen molar-refractivity contribution in [2.75, 3.05) is 0 Å². The van der Waals surface area contributed by atoms with Crippen molar-refractivity contribution in [3.8, 4) is 0 Å². The molecule has 5 heteroatoms. The minimum absolute atomic E-state index is 0.683. The van der Waals surface area contributed by atoms with Crippen molar-refractivity contribution in [1.82, 2.24) is 9.97 Å². The smallest absolute Gasteiger partial charge is 0.164 e. The summed E-state index contributed by atoms with van der Waals surface area (Å²) in [5, 5.41) is 12.3. The van der Waals surface area contributed by atoms with Crippen LogP contribution in [0.4, 0.5) is 0 Å². The van der Waals surface area contributed by atoms with Crippen LogP contribution in [0.2, 0.25) is 0 Å². The van der Waals surface area contributed by atoms with Crippen molar-refractivity contribution >= 4 is 43.1 Å². The van der Waals surface area contributed by atoms with Gasteiger partial charge in [-0.2, -0.15) is 0 Å². The lowest BCUT2D eigenvalue weighted by molar-refractivity contribution is 0.102. The number of aliphatic hydroxyl groups is 1. The number of rotatable bonds is 2. The molecule has 0 unspecified atom stereocenters. The Morgan fingerprint density at radius 3 is 1.67 bits per heavy atom. The highest BCUT2D eigenvalue weighted by atomic mass is 32.1. The van der Waals surface area contributed by atoms with Gasteiger partial charge in [0.15, 0.2) is 5.60 Å². The third-order valence-corrected chi connectivity index (χ3v) is 5.92. The lowest BCUT2D eigenvalue weighted by Gasteiger charge is -2.16. The molecule has 0 aliphatic rings. The molecule has 2 heterocycles. The summed E-state index contributed by atoms with van der Waals surface area (Å²) in [7, 11) is 0. The molecule has 0 saturated carbocycles. The number of hydrogen-bond donors (Lipinski definition) is 1. The molecule has 0 fully saturated rings. The highest BCUT2D eigenvalue weighted by Crippen LogP contribution is 2.38. The zero-order valence-corrected chi connectivity index (χ0v) is 12.9. The predicted molar refractivity (Wildman–Crippen MR) is 87.9 cm³/mol. The molecule has 2 aromatic carbocycles. The van der Waals surface area contributed by atoms with Crippen molar-refractivity contribution in [2.45, 2.75) is 12.5 Å². The average Bonchev–Trinajstić information content (AvgIpc) is 3.11. The lowest BCUT2D eigenvalue weighted by atomic mass is 10.1. The van der Waals surface area contributed by atoms with Crippen LogP contribution in [0.1, 0.15) is 16.9 Å². The second-order valence-corrected chi connectivity index (χ2v) is 7.11. The third-order valence-electron chi connectivity index (χ3n) is 3.42. The molecule has 4 rings (SSSR count). The second kappa shape index (κ2) is 4.59. The van der Waals surface area contributed by atoms with Crippen LogP contribution in [0.25, 0.3) is 20.4 Å². The number of benzene rings is 2. The van der Waals surface area contributed by atoms with E-state index >= 15 is 0 Å². The first-order valence-corrected chi connectivity index (χ1v) is 8.22. The number of aromatic nitrogens is 2. The summed E-state index contributed by atoms with van der Waals surface area (Å²) in [6.07, 6.45) is 0. The van der Waals surface area contributed by atoms with E-state index < -0.39 is 5.60 Å². The molecule has 1 N–H and O–H groups in total. The minimum atomic E-state index is -1.16. The molecule has 3 nitrogen and oxygen atoms in total. The average molecular weight is 312 g/mol. The molecule has 0 aliphatic heterocycles.